The van der Waals surface area contributed by atoms with E-state index in [1.165, 1.54) is 0 Å². The summed E-state index contributed by atoms with van der Waals surface area (Å²) in [6, 6.07) is 1.30. The molecule has 0 saturated heterocycles. The van der Waals surface area contributed by atoms with Crippen LogP contribution in [0.1, 0.15) is 0 Å². The van der Waals surface area contributed by atoms with Crippen LogP contribution in [-0.2, 0) is 0 Å². The van der Waals surface area contributed by atoms with Crippen molar-refractivity contribution in [2.24, 2.45) is 0 Å². The van der Waals surface area contributed by atoms with Crippen LogP contribution in [0, 0.1) is 27.6 Å². The molecule has 20 heavy (non-hydrogen) atoms. The third-order valence-electron chi connectivity index (χ3n) is 2.26. The maximum atomic E-state index is 13.9. The zero-order chi connectivity index (χ0) is 15.0. The summed E-state index contributed by atoms with van der Waals surface area (Å²) >= 11 is 10.8. The second kappa shape index (κ2) is 5.22. The lowest BCUT2D eigenvalue weighted by molar-refractivity contribution is -0.387. The summed E-state index contributed by atoms with van der Waals surface area (Å²) in [5.74, 6) is -4.54. The Kier molecular flexibility index (Phi) is 3.78. The Morgan fingerprint density at radius 2 is 1.60 bits per heavy atom. The molecule has 0 aliphatic rings. The van der Waals surface area contributed by atoms with Crippen molar-refractivity contribution in [2.75, 3.05) is 0 Å². The number of hydrogen-bond acceptors (Lipinski definition) is 4. The van der Waals surface area contributed by atoms with E-state index in [9.17, 15) is 23.3 Å². The lowest BCUT2D eigenvalue weighted by atomic mass is 10.1. The van der Waals surface area contributed by atoms with Gasteiger partial charge in [-0.05, 0) is 6.07 Å². The van der Waals surface area contributed by atoms with Crippen molar-refractivity contribution in [3.05, 3.63) is 50.0 Å². The number of nitro benzene ring substituents is 1. The van der Waals surface area contributed by atoms with E-state index in [0.29, 0.717) is 12.1 Å². The van der Waals surface area contributed by atoms with Crippen LogP contribution >= 0.6 is 23.2 Å². The van der Waals surface area contributed by atoms with E-state index in [0.717, 1.165) is 0 Å². The molecule has 10 heteroatoms. The summed E-state index contributed by atoms with van der Waals surface area (Å²) in [5.41, 5.74) is -1.90. The fraction of sp³-hybridized carbons (Fsp3) is 0. The Morgan fingerprint density at radius 1 is 1.05 bits per heavy atom. The smallest absolute Gasteiger partial charge is 0.258 e. The summed E-state index contributed by atoms with van der Waals surface area (Å²) in [7, 11) is 0. The highest BCUT2D eigenvalue weighted by Crippen LogP contribution is 2.31. The minimum Gasteiger partial charge on any atom is -0.258 e. The second-order valence-electron chi connectivity index (χ2n) is 3.46. The Morgan fingerprint density at radius 3 is 2.10 bits per heavy atom. The Bertz CT molecular complexity index is 704. The van der Waals surface area contributed by atoms with Crippen molar-refractivity contribution in [1.82, 2.24) is 9.97 Å². The molecule has 1 aromatic carbocycles. The maximum absolute atomic E-state index is 13.9. The summed E-state index contributed by atoms with van der Waals surface area (Å²) < 4.78 is 40.7. The minimum absolute atomic E-state index is 0.640. The van der Waals surface area contributed by atoms with Gasteiger partial charge in [0.05, 0.1) is 10.5 Å². The van der Waals surface area contributed by atoms with Crippen LogP contribution in [0.3, 0.4) is 0 Å². The monoisotopic (exact) mass is 323 g/mol. The fourth-order valence-corrected chi connectivity index (χ4v) is 1.78. The number of aromatic nitrogens is 2. The van der Waals surface area contributed by atoms with Crippen molar-refractivity contribution in [2.45, 2.75) is 0 Å². The van der Waals surface area contributed by atoms with Crippen molar-refractivity contribution in [3.8, 4) is 11.4 Å². The zero-order valence-corrected chi connectivity index (χ0v) is 10.7. The van der Waals surface area contributed by atoms with E-state index in [2.05, 4.69) is 9.97 Å². The molecule has 0 atom stereocenters. The Balaban J connectivity index is 2.76. The maximum Gasteiger partial charge on any atom is 0.305 e. The molecule has 0 spiro atoms. The first kappa shape index (κ1) is 14.5. The van der Waals surface area contributed by atoms with Gasteiger partial charge >= 0.3 is 5.69 Å². The van der Waals surface area contributed by atoms with Gasteiger partial charge in [0.25, 0.3) is 0 Å². The van der Waals surface area contributed by atoms with Crippen LogP contribution in [0.25, 0.3) is 11.4 Å². The van der Waals surface area contributed by atoms with Crippen LogP contribution in [0.5, 0.6) is 0 Å². The minimum atomic E-state index is -1.51. The second-order valence-corrected chi connectivity index (χ2v) is 4.17. The molecule has 0 amide bonds. The summed E-state index contributed by atoms with van der Waals surface area (Å²) in [4.78, 5) is 16.2. The van der Waals surface area contributed by atoms with Gasteiger partial charge < -0.3 is 0 Å². The molecule has 1 heterocycles. The molecule has 0 fully saturated rings. The highest BCUT2D eigenvalue weighted by Gasteiger charge is 2.25. The Labute approximate surface area is 119 Å². The number of benzene rings is 1. The van der Waals surface area contributed by atoms with Gasteiger partial charge in [0.2, 0.25) is 5.82 Å². The molecule has 104 valence electrons. The van der Waals surface area contributed by atoms with E-state index in [1.807, 2.05) is 0 Å². The molecular weight excluding hydrogens is 322 g/mol. The largest absolute Gasteiger partial charge is 0.305 e. The molecule has 5 nitrogen and oxygen atoms in total. The van der Waals surface area contributed by atoms with Gasteiger partial charge in [0.1, 0.15) is 5.82 Å². The molecular formula is C10H2Cl2F3N3O2. The van der Waals surface area contributed by atoms with Crippen molar-refractivity contribution >= 4 is 28.9 Å². The standard InChI is InChI=1S/C10H2Cl2F3N3O2/c11-8-7(15)9(12)17-10(16-8)5-3(13)1-2-4(6(5)14)18(19)20/h1-2H. The fourth-order valence-electron chi connectivity index (χ4n) is 1.39. The number of hydrogen-bond donors (Lipinski definition) is 0. The molecule has 0 radical (unpaired) electrons. The van der Waals surface area contributed by atoms with Gasteiger partial charge in [-0.3, -0.25) is 10.1 Å². The third kappa shape index (κ3) is 2.39. The van der Waals surface area contributed by atoms with E-state index in [1.54, 1.807) is 0 Å². The topological polar surface area (TPSA) is 68.9 Å². The molecule has 0 unspecified atom stereocenters. The Hall–Kier alpha value is -1.93. The SMILES string of the molecule is O=[N+]([O-])c1ccc(F)c(-c2nc(Cl)c(F)c(Cl)n2)c1F. The zero-order valence-electron chi connectivity index (χ0n) is 9.20. The molecule has 0 N–H and O–H groups in total. The number of rotatable bonds is 2. The molecule has 1 aromatic heterocycles. The lowest BCUT2D eigenvalue weighted by Gasteiger charge is -2.05. The predicted molar refractivity (Wildman–Crippen MR) is 64.0 cm³/mol. The van der Waals surface area contributed by atoms with Gasteiger partial charge in [-0.25, -0.2) is 18.7 Å². The van der Waals surface area contributed by atoms with Gasteiger partial charge in [-0.2, -0.15) is 4.39 Å². The van der Waals surface area contributed by atoms with E-state index >= 15 is 0 Å². The number of nitro groups is 1. The number of nitrogens with zero attached hydrogens (tertiary/aromatic N) is 3. The molecule has 2 rings (SSSR count). The highest BCUT2D eigenvalue weighted by molar-refractivity contribution is 6.33. The van der Waals surface area contributed by atoms with Crippen LogP contribution < -0.4 is 0 Å². The highest BCUT2D eigenvalue weighted by atomic mass is 35.5. The average Bonchev–Trinajstić information content (AvgIpc) is 2.35. The lowest BCUT2D eigenvalue weighted by Crippen LogP contribution is -2.02. The first-order valence-corrected chi connectivity index (χ1v) is 5.59. The molecule has 0 bridgehead atoms. The van der Waals surface area contributed by atoms with Crippen LogP contribution in [0.15, 0.2) is 12.1 Å². The van der Waals surface area contributed by atoms with Crippen LogP contribution in [0.2, 0.25) is 10.3 Å². The van der Waals surface area contributed by atoms with E-state index in [-0.39, 0.29) is 0 Å². The predicted octanol–water partition coefficient (Wildman–Crippen LogP) is 3.78. The van der Waals surface area contributed by atoms with Gasteiger partial charge in [0, 0.05) is 6.07 Å². The van der Waals surface area contributed by atoms with Gasteiger partial charge in [0.15, 0.2) is 21.9 Å². The first-order chi connectivity index (χ1) is 9.32. The number of halogens is 5. The summed E-state index contributed by atoms with van der Waals surface area (Å²) in [6.07, 6.45) is 0. The van der Waals surface area contributed by atoms with Crippen LogP contribution in [-0.4, -0.2) is 14.9 Å². The van der Waals surface area contributed by atoms with Crippen molar-refractivity contribution in [1.29, 1.82) is 0 Å². The molecule has 0 aliphatic carbocycles. The van der Waals surface area contributed by atoms with E-state index < -0.39 is 49.8 Å². The normalized spacial score (nSPS) is 10.7. The quantitative estimate of drug-likeness (QED) is 0.479. The molecule has 0 aliphatic heterocycles. The van der Waals surface area contributed by atoms with Crippen molar-refractivity contribution < 1.29 is 18.1 Å². The summed E-state index contributed by atoms with van der Waals surface area (Å²) in [5, 5.41) is 9.08. The first-order valence-electron chi connectivity index (χ1n) is 4.84. The van der Waals surface area contributed by atoms with Crippen molar-refractivity contribution in [3.63, 3.8) is 0 Å². The molecule has 0 saturated carbocycles. The van der Waals surface area contributed by atoms with E-state index in [4.69, 9.17) is 23.2 Å². The van der Waals surface area contributed by atoms with Gasteiger partial charge in [-0.1, -0.05) is 23.2 Å². The molecule has 2 aromatic rings. The van der Waals surface area contributed by atoms with Gasteiger partial charge in [-0.15, -0.1) is 0 Å². The van der Waals surface area contributed by atoms with Crippen LogP contribution in [0.4, 0.5) is 18.9 Å². The summed E-state index contributed by atoms with van der Waals surface area (Å²) in [6.45, 7) is 0. The average molecular weight is 324 g/mol. The third-order valence-corrected chi connectivity index (χ3v) is 2.76.